The first-order chi connectivity index (χ1) is 4.66. The third-order valence-corrected chi connectivity index (χ3v) is 3.84. The van der Waals surface area contributed by atoms with Gasteiger partial charge < -0.3 is 0 Å². The largest absolute Gasteiger partial charge is 0.198 e. The molecule has 0 heterocycles. The normalized spacial score (nSPS) is 14.3. The Morgan fingerprint density at radius 1 is 1.60 bits per heavy atom. The summed E-state index contributed by atoms with van der Waals surface area (Å²) in [6.07, 6.45) is 0.957. The van der Waals surface area contributed by atoms with E-state index in [9.17, 15) is 0 Å². The first-order valence-electron chi connectivity index (χ1n) is 3.34. The predicted octanol–water partition coefficient (Wildman–Crippen LogP) is 1.88. The van der Waals surface area contributed by atoms with Crippen molar-refractivity contribution in [1.82, 2.24) is 0 Å². The molecule has 1 nitrogen and oxygen atoms in total. The van der Waals surface area contributed by atoms with Gasteiger partial charge in [-0.05, 0) is 13.3 Å². The quantitative estimate of drug-likeness (QED) is 0.497. The maximum Gasteiger partial charge on any atom is 0.0908 e. The molecule has 0 rings (SSSR count). The van der Waals surface area contributed by atoms with E-state index in [-0.39, 0.29) is 19.9 Å². The van der Waals surface area contributed by atoms with Gasteiger partial charge in [0.15, 0.2) is 0 Å². The number of alkyl halides is 2. The van der Waals surface area contributed by atoms with Crippen LogP contribution in [0.5, 0.6) is 0 Å². The fourth-order valence-corrected chi connectivity index (χ4v) is 2.73. The maximum absolute atomic E-state index is 8.40. The van der Waals surface area contributed by atoms with Crippen LogP contribution in [0, 0.1) is 17.2 Å². The summed E-state index contributed by atoms with van der Waals surface area (Å²) in [6, 6.07) is 3.25. The summed E-state index contributed by atoms with van der Waals surface area (Å²) >= 11 is 11.1. The van der Waals surface area contributed by atoms with Crippen LogP contribution in [0.4, 0.5) is 0 Å². The van der Waals surface area contributed by atoms with Crippen LogP contribution in [0.1, 0.15) is 13.3 Å². The third kappa shape index (κ3) is 6.41. The van der Waals surface area contributed by atoms with Gasteiger partial charge in [-0.15, -0.1) is 23.2 Å². The summed E-state index contributed by atoms with van der Waals surface area (Å²) in [6.45, 7) is 1.92. The highest BCUT2D eigenvalue weighted by molar-refractivity contribution is 6.68. The van der Waals surface area contributed by atoms with E-state index in [2.05, 4.69) is 6.07 Å². The molecule has 0 bridgehead atoms. The Hall–Kier alpha value is 0.287. The van der Waals surface area contributed by atoms with Crippen LogP contribution in [-0.4, -0.2) is 14.0 Å². The van der Waals surface area contributed by atoms with E-state index in [0.717, 1.165) is 12.5 Å². The molecule has 0 aromatic carbocycles. The SMILES string of the molecule is C[C@H](C#N)CC[SiH2]C(Cl)Cl. The van der Waals surface area contributed by atoms with E-state index >= 15 is 0 Å². The Morgan fingerprint density at radius 2 is 2.20 bits per heavy atom. The van der Waals surface area contributed by atoms with Crippen molar-refractivity contribution in [3.8, 4) is 6.07 Å². The average Bonchev–Trinajstić information content (AvgIpc) is 1.87. The molecule has 0 fully saturated rings. The number of rotatable bonds is 4. The van der Waals surface area contributed by atoms with Gasteiger partial charge in [-0.2, -0.15) is 5.26 Å². The molecule has 0 N–H and O–H groups in total. The Balaban J connectivity index is 3.13. The molecule has 4 heteroatoms. The molecule has 0 radical (unpaired) electrons. The van der Waals surface area contributed by atoms with Gasteiger partial charge in [0.25, 0.3) is 0 Å². The van der Waals surface area contributed by atoms with Gasteiger partial charge in [0.2, 0.25) is 0 Å². The van der Waals surface area contributed by atoms with Gasteiger partial charge in [-0.3, -0.25) is 0 Å². The molecule has 0 unspecified atom stereocenters. The predicted molar refractivity (Wildman–Crippen MR) is 48.2 cm³/mol. The maximum atomic E-state index is 8.40. The molecule has 0 aliphatic heterocycles. The summed E-state index contributed by atoms with van der Waals surface area (Å²) in [7, 11) is -0.326. The number of nitriles is 1. The lowest BCUT2D eigenvalue weighted by molar-refractivity contribution is 0.710. The van der Waals surface area contributed by atoms with Crippen molar-refractivity contribution in [2.24, 2.45) is 5.92 Å². The first-order valence-corrected chi connectivity index (χ1v) is 6.03. The fourth-order valence-electron chi connectivity index (χ4n) is 0.643. The molecule has 0 aromatic rings. The Morgan fingerprint density at radius 3 is 2.60 bits per heavy atom. The smallest absolute Gasteiger partial charge is 0.0908 e. The molecule has 1 atom stereocenters. The zero-order valence-electron chi connectivity index (χ0n) is 5.98. The highest BCUT2D eigenvalue weighted by Crippen LogP contribution is 2.08. The van der Waals surface area contributed by atoms with Crippen LogP contribution in [0.3, 0.4) is 0 Å². The lowest BCUT2D eigenvalue weighted by Crippen LogP contribution is -2.02. The van der Waals surface area contributed by atoms with Crippen LogP contribution < -0.4 is 0 Å². The van der Waals surface area contributed by atoms with Gasteiger partial charge in [-0.1, -0.05) is 6.04 Å². The molecule has 0 amide bonds. The molecular formula is C6H11Cl2NSi. The van der Waals surface area contributed by atoms with Gasteiger partial charge in [0.05, 0.1) is 20.0 Å². The van der Waals surface area contributed by atoms with Crippen LogP contribution in [-0.2, 0) is 0 Å². The highest BCUT2D eigenvalue weighted by atomic mass is 35.5. The minimum absolute atomic E-state index is 0.133. The summed E-state index contributed by atoms with van der Waals surface area (Å²) in [5.41, 5.74) is 0. The van der Waals surface area contributed by atoms with Crippen LogP contribution in [0.25, 0.3) is 0 Å². The Bertz CT molecular complexity index is 121. The molecule has 10 heavy (non-hydrogen) atoms. The molecule has 0 saturated carbocycles. The van der Waals surface area contributed by atoms with E-state index in [1.165, 1.54) is 0 Å². The molecule has 0 aliphatic rings. The summed E-state index contributed by atoms with van der Waals surface area (Å²) in [5.74, 6) is 0.166. The lowest BCUT2D eigenvalue weighted by atomic mass is 10.1. The monoisotopic (exact) mass is 195 g/mol. The zero-order valence-corrected chi connectivity index (χ0v) is 8.91. The minimum atomic E-state index is -0.326. The summed E-state index contributed by atoms with van der Waals surface area (Å²) < 4.78 is -0.133. The van der Waals surface area contributed by atoms with Crippen molar-refractivity contribution >= 4 is 32.7 Å². The molecule has 0 saturated heterocycles. The van der Waals surface area contributed by atoms with Crippen LogP contribution in [0.15, 0.2) is 0 Å². The molecular weight excluding hydrogens is 185 g/mol. The Labute approximate surface area is 74.1 Å². The Kier molecular flexibility index (Phi) is 6.20. The lowest BCUT2D eigenvalue weighted by Gasteiger charge is -2.00. The van der Waals surface area contributed by atoms with Crippen LogP contribution >= 0.6 is 23.2 Å². The average molecular weight is 196 g/mol. The molecule has 0 aliphatic carbocycles. The van der Waals surface area contributed by atoms with Crippen molar-refractivity contribution in [1.29, 1.82) is 5.26 Å². The highest BCUT2D eigenvalue weighted by Gasteiger charge is 2.02. The molecule has 0 spiro atoms. The second-order valence-electron chi connectivity index (χ2n) is 2.35. The number of nitrogens with zero attached hydrogens (tertiary/aromatic N) is 1. The second-order valence-corrected chi connectivity index (χ2v) is 6.77. The van der Waals surface area contributed by atoms with E-state index in [4.69, 9.17) is 28.5 Å². The van der Waals surface area contributed by atoms with E-state index < -0.39 is 0 Å². The van der Waals surface area contributed by atoms with Gasteiger partial charge >= 0.3 is 0 Å². The first kappa shape index (κ1) is 10.3. The van der Waals surface area contributed by atoms with E-state index in [0.29, 0.717) is 0 Å². The standard InChI is InChI=1S/C6H11Cl2NSi/c1-5(4-9)2-3-10-6(7)8/h5-6H,2-3,10H2,1H3/t5-/m0/s1. The molecule has 58 valence electrons. The van der Waals surface area contributed by atoms with Crippen molar-refractivity contribution in [2.75, 3.05) is 0 Å². The van der Waals surface area contributed by atoms with Crippen LogP contribution in [0.2, 0.25) is 6.04 Å². The number of halogens is 2. The third-order valence-electron chi connectivity index (χ3n) is 1.28. The van der Waals surface area contributed by atoms with Crippen molar-refractivity contribution < 1.29 is 0 Å². The number of hydrogen-bond donors (Lipinski definition) is 0. The topological polar surface area (TPSA) is 23.8 Å². The molecule has 0 aromatic heterocycles. The van der Waals surface area contributed by atoms with Gasteiger partial charge in [0.1, 0.15) is 0 Å². The number of hydrogen-bond acceptors (Lipinski definition) is 1. The van der Waals surface area contributed by atoms with Crippen molar-refractivity contribution in [3.05, 3.63) is 0 Å². The van der Waals surface area contributed by atoms with Crippen molar-refractivity contribution in [2.45, 2.75) is 23.8 Å². The second kappa shape index (κ2) is 6.03. The van der Waals surface area contributed by atoms with Gasteiger partial charge in [-0.25, -0.2) is 0 Å². The summed E-state index contributed by atoms with van der Waals surface area (Å²) in [5, 5.41) is 8.40. The van der Waals surface area contributed by atoms with E-state index in [1.807, 2.05) is 6.92 Å². The van der Waals surface area contributed by atoms with Gasteiger partial charge in [0, 0.05) is 5.92 Å². The zero-order chi connectivity index (χ0) is 7.98. The summed E-state index contributed by atoms with van der Waals surface area (Å²) in [4.78, 5) is 0. The van der Waals surface area contributed by atoms with E-state index in [1.54, 1.807) is 0 Å². The minimum Gasteiger partial charge on any atom is -0.198 e. The van der Waals surface area contributed by atoms with Crippen molar-refractivity contribution in [3.63, 3.8) is 0 Å². The fraction of sp³-hybridized carbons (Fsp3) is 0.833.